The van der Waals surface area contributed by atoms with E-state index in [1.165, 1.54) is 12.1 Å². The highest BCUT2D eigenvalue weighted by Gasteiger charge is 2.13. The van der Waals surface area contributed by atoms with E-state index in [2.05, 4.69) is 4.90 Å². The van der Waals surface area contributed by atoms with Crippen molar-refractivity contribution < 1.29 is 9.53 Å². The molecule has 1 aromatic carbocycles. The molecule has 0 saturated heterocycles. The second-order valence-electron chi connectivity index (χ2n) is 4.25. The number of amides is 1. The van der Waals surface area contributed by atoms with Gasteiger partial charge in [-0.2, -0.15) is 0 Å². The molecule has 0 aliphatic carbocycles. The Balaban J connectivity index is 2.72. The number of hydrogen-bond acceptors (Lipinski definition) is 4. The zero-order valence-corrected chi connectivity index (χ0v) is 12.4. The van der Waals surface area contributed by atoms with E-state index in [0.29, 0.717) is 12.4 Å². The van der Waals surface area contributed by atoms with E-state index in [-0.39, 0.29) is 15.6 Å². The summed E-state index contributed by atoms with van der Waals surface area (Å²) in [6, 6.07) is 2.94. The van der Waals surface area contributed by atoms with Gasteiger partial charge in [-0.25, -0.2) is 5.84 Å². The number of nitrogens with zero attached hydrogens (tertiary/aromatic N) is 1. The average molecular weight is 306 g/mol. The number of nitrogens with one attached hydrogen (secondary N) is 1. The van der Waals surface area contributed by atoms with Crippen molar-refractivity contribution in [2.45, 2.75) is 6.42 Å². The number of hydrazine groups is 1. The maximum absolute atomic E-state index is 11.4. The summed E-state index contributed by atoms with van der Waals surface area (Å²) in [4.78, 5) is 13.4. The Morgan fingerprint density at radius 2 is 1.95 bits per heavy atom. The average Bonchev–Trinajstić information content (AvgIpc) is 2.35. The fourth-order valence-electron chi connectivity index (χ4n) is 1.47. The Morgan fingerprint density at radius 3 is 2.42 bits per heavy atom. The summed E-state index contributed by atoms with van der Waals surface area (Å²) >= 11 is 12.1. The highest BCUT2D eigenvalue weighted by Crippen LogP contribution is 2.34. The predicted molar refractivity (Wildman–Crippen MR) is 76.8 cm³/mol. The molecule has 106 valence electrons. The van der Waals surface area contributed by atoms with E-state index in [0.717, 1.165) is 13.0 Å². The van der Waals surface area contributed by atoms with Gasteiger partial charge in [0.25, 0.3) is 5.91 Å². The van der Waals surface area contributed by atoms with Gasteiger partial charge >= 0.3 is 0 Å². The highest BCUT2D eigenvalue weighted by molar-refractivity contribution is 6.37. The summed E-state index contributed by atoms with van der Waals surface area (Å²) in [7, 11) is 3.97. The number of carbonyl (C=O) groups is 1. The standard InChI is InChI=1S/C12H17Cl2N3O2/c1-17(2)4-3-5-19-11-9(13)6-8(7-10(11)14)12(18)16-15/h6-7H,3-5,15H2,1-2H3,(H,16,18). The summed E-state index contributed by atoms with van der Waals surface area (Å²) in [5.74, 6) is 4.98. The van der Waals surface area contributed by atoms with Gasteiger partial charge in [-0.05, 0) is 32.6 Å². The molecule has 1 aromatic rings. The zero-order valence-electron chi connectivity index (χ0n) is 10.9. The summed E-state index contributed by atoms with van der Waals surface area (Å²) in [6.07, 6.45) is 0.852. The molecule has 0 radical (unpaired) electrons. The van der Waals surface area contributed by atoms with Crippen molar-refractivity contribution in [1.82, 2.24) is 10.3 Å². The molecule has 0 aromatic heterocycles. The molecule has 1 amide bonds. The summed E-state index contributed by atoms with van der Waals surface area (Å²) in [6.45, 7) is 1.41. The maximum Gasteiger partial charge on any atom is 0.265 e. The molecule has 0 heterocycles. The molecule has 0 fully saturated rings. The van der Waals surface area contributed by atoms with E-state index >= 15 is 0 Å². The number of ether oxygens (including phenoxy) is 1. The molecule has 0 unspecified atom stereocenters. The van der Waals surface area contributed by atoms with Crippen LogP contribution in [0.15, 0.2) is 12.1 Å². The van der Waals surface area contributed by atoms with E-state index in [1.807, 2.05) is 19.5 Å². The fourth-order valence-corrected chi connectivity index (χ4v) is 2.06. The van der Waals surface area contributed by atoms with Crippen LogP contribution in [-0.2, 0) is 0 Å². The van der Waals surface area contributed by atoms with Crippen LogP contribution in [0.5, 0.6) is 5.75 Å². The third-order valence-electron chi connectivity index (χ3n) is 2.39. The van der Waals surface area contributed by atoms with E-state index in [1.54, 1.807) is 0 Å². The molecular formula is C12H17Cl2N3O2. The number of rotatable bonds is 6. The van der Waals surface area contributed by atoms with Gasteiger partial charge in [0.2, 0.25) is 0 Å². The SMILES string of the molecule is CN(C)CCCOc1c(Cl)cc(C(=O)NN)cc1Cl. The quantitative estimate of drug-likeness (QED) is 0.365. The number of nitrogen functional groups attached to an aromatic ring is 1. The number of hydrogen-bond donors (Lipinski definition) is 2. The maximum atomic E-state index is 11.4. The summed E-state index contributed by atoms with van der Waals surface area (Å²) in [5.41, 5.74) is 2.31. The highest BCUT2D eigenvalue weighted by atomic mass is 35.5. The molecule has 0 aliphatic rings. The van der Waals surface area contributed by atoms with Crippen molar-refractivity contribution in [2.75, 3.05) is 27.2 Å². The number of halogens is 2. The fraction of sp³-hybridized carbons (Fsp3) is 0.417. The summed E-state index contributed by atoms with van der Waals surface area (Å²) in [5, 5.41) is 0.576. The first kappa shape index (κ1) is 16.0. The molecule has 0 aliphatic heterocycles. The molecule has 1 rings (SSSR count). The van der Waals surface area contributed by atoms with Crippen molar-refractivity contribution >= 4 is 29.1 Å². The van der Waals surface area contributed by atoms with Crippen LogP contribution in [0.3, 0.4) is 0 Å². The lowest BCUT2D eigenvalue weighted by atomic mass is 10.2. The molecule has 0 saturated carbocycles. The second kappa shape index (κ2) is 7.55. The van der Waals surface area contributed by atoms with Gasteiger partial charge in [-0.3, -0.25) is 10.2 Å². The van der Waals surface area contributed by atoms with Crippen molar-refractivity contribution in [1.29, 1.82) is 0 Å². The van der Waals surface area contributed by atoms with Gasteiger partial charge in [0.05, 0.1) is 16.7 Å². The van der Waals surface area contributed by atoms with E-state index in [4.69, 9.17) is 33.8 Å². The molecule has 3 N–H and O–H groups in total. The van der Waals surface area contributed by atoms with Crippen LogP contribution in [-0.4, -0.2) is 38.1 Å². The molecular weight excluding hydrogens is 289 g/mol. The largest absolute Gasteiger partial charge is 0.490 e. The third-order valence-corrected chi connectivity index (χ3v) is 2.95. The first-order valence-electron chi connectivity index (χ1n) is 5.73. The van der Waals surface area contributed by atoms with Crippen molar-refractivity contribution in [3.63, 3.8) is 0 Å². The van der Waals surface area contributed by atoms with Gasteiger partial charge < -0.3 is 9.64 Å². The smallest absolute Gasteiger partial charge is 0.265 e. The normalized spacial score (nSPS) is 10.6. The first-order valence-corrected chi connectivity index (χ1v) is 6.48. The van der Waals surface area contributed by atoms with Gasteiger partial charge in [-0.15, -0.1) is 0 Å². The Bertz CT molecular complexity index is 430. The summed E-state index contributed by atoms with van der Waals surface area (Å²) < 4.78 is 5.53. The lowest BCUT2D eigenvalue weighted by Gasteiger charge is -2.13. The van der Waals surface area contributed by atoms with Crippen LogP contribution in [0.25, 0.3) is 0 Å². The minimum absolute atomic E-state index is 0.288. The zero-order chi connectivity index (χ0) is 14.4. The van der Waals surface area contributed by atoms with Crippen molar-refractivity contribution in [2.24, 2.45) is 5.84 Å². The van der Waals surface area contributed by atoms with Crippen LogP contribution >= 0.6 is 23.2 Å². The molecule has 0 bridgehead atoms. The van der Waals surface area contributed by atoms with Crippen LogP contribution < -0.4 is 16.0 Å². The van der Waals surface area contributed by atoms with Crippen molar-refractivity contribution in [3.05, 3.63) is 27.7 Å². The topological polar surface area (TPSA) is 67.6 Å². The van der Waals surface area contributed by atoms with Crippen molar-refractivity contribution in [3.8, 4) is 5.75 Å². The molecule has 0 spiro atoms. The Hall–Kier alpha value is -1.01. The Kier molecular flexibility index (Phi) is 6.37. The minimum Gasteiger partial charge on any atom is -0.490 e. The van der Waals surface area contributed by atoms with Gasteiger partial charge in [0, 0.05) is 12.1 Å². The lowest BCUT2D eigenvalue weighted by molar-refractivity contribution is 0.0953. The number of carbonyl (C=O) groups excluding carboxylic acids is 1. The predicted octanol–water partition coefficient (Wildman–Crippen LogP) is 1.93. The van der Waals surface area contributed by atoms with Crippen LogP contribution in [0, 0.1) is 0 Å². The molecule has 19 heavy (non-hydrogen) atoms. The van der Waals surface area contributed by atoms with Gasteiger partial charge in [0.1, 0.15) is 0 Å². The lowest BCUT2D eigenvalue weighted by Crippen LogP contribution is -2.29. The van der Waals surface area contributed by atoms with Crippen LogP contribution in [0.1, 0.15) is 16.8 Å². The number of benzene rings is 1. The molecule has 5 nitrogen and oxygen atoms in total. The van der Waals surface area contributed by atoms with Crippen LogP contribution in [0.4, 0.5) is 0 Å². The molecule has 7 heteroatoms. The monoisotopic (exact) mass is 305 g/mol. The van der Waals surface area contributed by atoms with Gasteiger partial charge in [-0.1, -0.05) is 23.2 Å². The first-order chi connectivity index (χ1) is 8.95. The second-order valence-corrected chi connectivity index (χ2v) is 5.06. The van der Waals surface area contributed by atoms with Gasteiger partial charge in [0.15, 0.2) is 5.75 Å². The Morgan fingerprint density at radius 1 is 1.37 bits per heavy atom. The van der Waals surface area contributed by atoms with E-state index in [9.17, 15) is 4.79 Å². The Labute approximate surface area is 122 Å². The molecule has 0 atom stereocenters. The minimum atomic E-state index is -0.456. The van der Waals surface area contributed by atoms with Crippen LogP contribution in [0.2, 0.25) is 10.0 Å². The number of nitrogens with two attached hydrogens (primary N) is 1. The van der Waals surface area contributed by atoms with E-state index < -0.39 is 5.91 Å². The third kappa shape index (κ3) is 4.87.